The number of aromatic nitrogens is 4. The van der Waals surface area contributed by atoms with Gasteiger partial charge in [-0.1, -0.05) is 17.7 Å². The molecule has 0 radical (unpaired) electrons. The minimum atomic E-state index is -0.313. The van der Waals surface area contributed by atoms with Crippen LogP contribution >= 0.6 is 11.6 Å². The first-order chi connectivity index (χ1) is 13.1. The first kappa shape index (κ1) is 17.1. The fraction of sp³-hybridized carbons (Fsp3) is 0.0526. The van der Waals surface area contributed by atoms with Crippen LogP contribution in [0.15, 0.2) is 54.9 Å². The SMILES string of the molecule is Cc1ccc(Cl)cc1Nc1nc(Nc2ccc(F)cc2)c2nccnc2n1. The van der Waals surface area contributed by atoms with E-state index in [1.807, 2.05) is 19.1 Å². The van der Waals surface area contributed by atoms with Crippen LogP contribution in [0.25, 0.3) is 11.2 Å². The van der Waals surface area contributed by atoms with Crippen molar-refractivity contribution in [3.8, 4) is 0 Å². The van der Waals surface area contributed by atoms with Crippen LogP contribution in [-0.2, 0) is 0 Å². The molecule has 0 saturated heterocycles. The minimum Gasteiger partial charge on any atom is -0.338 e. The number of rotatable bonds is 4. The largest absolute Gasteiger partial charge is 0.338 e. The Kier molecular flexibility index (Phi) is 4.52. The van der Waals surface area contributed by atoms with Gasteiger partial charge in [-0.2, -0.15) is 9.97 Å². The maximum atomic E-state index is 13.2. The van der Waals surface area contributed by atoms with Crippen LogP contribution in [0.2, 0.25) is 5.02 Å². The third kappa shape index (κ3) is 3.78. The molecule has 0 unspecified atom stereocenters. The second-order valence-corrected chi connectivity index (χ2v) is 6.28. The van der Waals surface area contributed by atoms with Crippen LogP contribution in [0, 0.1) is 12.7 Å². The smallest absolute Gasteiger partial charge is 0.231 e. The van der Waals surface area contributed by atoms with Crippen LogP contribution < -0.4 is 10.6 Å². The zero-order valence-corrected chi connectivity index (χ0v) is 15.0. The third-order valence-corrected chi connectivity index (χ3v) is 4.12. The molecular formula is C19H14ClFN6. The van der Waals surface area contributed by atoms with E-state index in [0.717, 1.165) is 11.3 Å². The molecule has 0 aliphatic heterocycles. The van der Waals surface area contributed by atoms with E-state index in [-0.39, 0.29) is 5.82 Å². The van der Waals surface area contributed by atoms with E-state index in [1.54, 1.807) is 30.6 Å². The summed E-state index contributed by atoms with van der Waals surface area (Å²) in [5.41, 5.74) is 3.40. The Morgan fingerprint density at radius 3 is 2.52 bits per heavy atom. The van der Waals surface area contributed by atoms with E-state index in [2.05, 4.69) is 30.6 Å². The second-order valence-electron chi connectivity index (χ2n) is 5.84. The number of halogens is 2. The highest BCUT2D eigenvalue weighted by Crippen LogP contribution is 2.26. The van der Waals surface area contributed by atoms with Crippen molar-refractivity contribution in [3.63, 3.8) is 0 Å². The molecule has 0 aliphatic carbocycles. The van der Waals surface area contributed by atoms with Gasteiger partial charge in [-0.3, -0.25) is 0 Å². The van der Waals surface area contributed by atoms with Gasteiger partial charge < -0.3 is 10.6 Å². The van der Waals surface area contributed by atoms with E-state index in [1.165, 1.54) is 12.1 Å². The lowest BCUT2D eigenvalue weighted by atomic mass is 10.2. The fourth-order valence-electron chi connectivity index (χ4n) is 2.53. The summed E-state index contributed by atoms with van der Waals surface area (Å²) in [5.74, 6) is 0.492. The molecule has 27 heavy (non-hydrogen) atoms. The van der Waals surface area contributed by atoms with Crippen molar-refractivity contribution in [2.24, 2.45) is 0 Å². The van der Waals surface area contributed by atoms with Gasteiger partial charge in [-0.25, -0.2) is 14.4 Å². The summed E-state index contributed by atoms with van der Waals surface area (Å²) in [4.78, 5) is 17.5. The van der Waals surface area contributed by atoms with E-state index in [0.29, 0.717) is 33.6 Å². The van der Waals surface area contributed by atoms with Crippen molar-refractivity contribution < 1.29 is 4.39 Å². The molecule has 2 heterocycles. The van der Waals surface area contributed by atoms with Crippen molar-refractivity contribution in [3.05, 3.63) is 71.3 Å². The van der Waals surface area contributed by atoms with Crippen LogP contribution in [0.5, 0.6) is 0 Å². The lowest BCUT2D eigenvalue weighted by molar-refractivity contribution is 0.628. The summed E-state index contributed by atoms with van der Waals surface area (Å²) in [7, 11) is 0. The van der Waals surface area contributed by atoms with Gasteiger partial charge in [0.1, 0.15) is 5.82 Å². The Morgan fingerprint density at radius 1 is 0.926 bits per heavy atom. The highest BCUT2D eigenvalue weighted by atomic mass is 35.5. The molecule has 4 aromatic rings. The molecule has 2 aromatic heterocycles. The molecule has 8 heteroatoms. The van der Waals surface area contributed by atoms with Crippen LogP contribution in [0.3, 0.4) is 0 Å². The zero-order chi connectivity index (χ0) is 18.8. The molecule has 0 aliphatic rings. The topological polar surface area (TPSA) is 75.6 Å². The summed E-state index contributed by atoms with van der Waals surface area (Å²) >= 11 is 6.08. The predicted octanol–water partition coefficient (Wildman–Crippen LogP) is 5.01. The average Bonchev–Trinajstić information content (AvgIpc) is 2.66. The van der Waals surface area contributed by atoms with Gasteiger partial charge in [-0.15, -0.1) is 0 Å². The number of hydrogen-bond acceptors (Lipinski definition) is 6. The van der Waals surface area contributed by atoms with Crippen molar-refractivity contribution in [1.82, 2.24) is 19.9 Å². The van der Waals surface area contributed by atoms with Crippen molar-refractivity contribution in [1.29, 1.82) is 0 Å². The highest BCUT2D eigenvalue weighted by Gasteiger charge is 2.11. The van der Waals surface area contributed by atoms with Crippen molar-refractivity contribution in [2.45, 2.75) is 6.92 Å². The van der Waals surface area contributed by atoms with Crippen LogP contribution in [-0.4, -0.2) is 19.9 Å². The van der Waals surface area contributed by atoms with E-state index < -0.39 is 0 Å². The normalized spacial score (nSPS) is 10.8. The molecule has 2 N–H and O–H groups in total. The minimum absolute atomic E-state index is 0.313. The number of nitrogens with one attached hydrogen (secondary N) is 2. The monoisotopic (exact) mass is 380 g/mol. The molecule has 0 atom stereocenters. The van der Waals surface area contributed by atoms with Gasteiger partial charge in [0.15, 0.2) is 17.0 Å². The first-order valence-electron chi connectivity index (χ1n) is 8.13. The van der Waals surface area contributed by atoms with Crippen LogP contribution in [0.4, 0.5) is 27.5 Å². The predicted molar refractivity (Wildman–Crippen MR) is 104 cm³/mol. The van der Waals surface area contributed by atoms with Gasteiger partial charge >= 0.3 is 0 Å². The van der Waals surface area contributed by atoms with Crippen molar-refractivity contribution >= 4 is 45.9 Å². The molecular weight excluding hydrogens is 367 g/mol. The lowest BCUT2D eigenvalue weighted by Gasteiger charge is -2.12. The highest BCUT2D eigenvalue weighted by molar-refractivity contribution is 6.30. The summed E-state index contributed by atoms with van der Waals surface area (Å²) in [6, 6.07) is 11.5. The number of nitrogens with zero attached hydrogens (tertiary/aromatic N) is 4. The van der Waals surface area contributed by atoms with Crippen LogP contribution in [0.1, 0.15) is 5.56 Å². The van der Waals surface area contributed by atoms with E-state index in [4.69, 9.17) is 11.6 Å². The van der Waals surface area contributed by atoms with E-state index >= 15 is 0 Å². The van der Waals surface area contributed by atoms with Gasteiger partial charge in [0, 0.05) is 28.8 Å². The fourth-order valence-corrected chi connectivity index (χ4v) is 2.70. The van der Waals surface area contributed by atoms with Gasteiger partial charge in [-0.05, 0) is 48.9 Å². The molecule has 0 bridgehead atoms. The Bertz CT molecular complexity index is 1120. The Morgan fingerprint density at radius 2 is 1.70 bits per heavy atom. The van der Waals surface area contributed by atoms with Gasteiger partial charge in [0.25, 0.3) is 0 Å². The first-order valence-corrected chi connectivity index (χ1v) is 8.51. The summed E-state index contributed by atoms with van der Waals surface area (Å²) in [6.45, 7) is 1.96. The zero-order valence-electron chi connectivity index (χ0n) is 14.2. The second kappa shape index (κ2) is 7.13. The molecule has 2 aromatic carbocycles. The average molecular weight is 381 g/mol. The number of fused-ring (bicyclic) bond motifs is 1. The Balaban J connectivity index is 1.76. The van der Waals surface area contributed by atoms with Gasteiger partial charge in [0.2, 0.25) is 5.95 Å². The number of aryl methyl sites for hydroxylation is 1. The molecule has 0 amide bonds. The molecule has 134 valence electrons. The number of anilines is 4. The molecule has 0 saturated carbocycles. The third-order valence-electron chi connectivity index (χ3n) is 3.89. The van der Waals surface area contributed by atoms with E-state index in [9.17, 15) is 4.39 Å². The quantitative estimate of drug-likeness (QED) is 0.518. The lowest BCUT2D eigenvalue weighted by Crippen LogP contribution is -2.04. The maximum absolute atomic E-state index is 13.2. The van der Waals surface area contributed by atoms with Gasteiger partial charge in [0.05, 0.1) is 0 Å². The molecule has 6 nitrogen and oxygen atoms in total. The van der Waals surface area contributed by atoms with Crippen molar-refractivity contribution in [2.75, 3.05) is 10.6 Å². The Labute approximate surface area is 159 Å². The molecule has 0 fully saturated rings. The standard InChI is InChI=1S/C19H14ClFN6/c1-11-2-3-12(20)10-15(11)25-19-26-17-16(22-8-9-23-17)18(27-19)24-14-6-4-13(21)5-7-14/h2-10H,1H3,(H2,23,24,25,26,27). The number of benzene rings is 2. The summed E-state index contributed by atoms with van der Waals surface area (Å²) in [6.07, 6.45) is 3.13. The molecule has 0 spiro atoms. The number of hydrogen-bond donors (Lipinski definition) is 2. The maximum Gasteiger partial charge on any atom is 0.231 e. The summed E-state index contributed by atoms with van der Waals surface area (Å²) in [5, 5.41) is 6.91. The Hall–Kier alpha value is -3.32. The molecule has 4 rings (SSSR count). The summed E-state index contributed by atoms with van der Waals surface area (Å²) < 4.78 is 13.2.